The lowest BCUT2D eigenvalue weighted by molar-refractivity contribution is 0.0378. The zero-order chi connectivity index (χ0) is 9.90. The summed E-state index contributed by atoms with van der Waals surface area (Å²) in [5.41, 5.74) is -0.373. The molecule has 0 spiro atoms. The van der Waals surface area contributed by atoms with Crippen molar-refractivity contribution < 1.29 is 13.9 Å². The van der Waals surface area contributed by atoms with E-state index in [0.717, 1.165) is 0 Å². The van der Waals surface area contributed by atoms with Gasteiger partial charge in [0.1, 0.15) is 86.8 Å². The first-order chi connectivity index (χ1) is 6.18. The van der Waals surface area contributed by atoms with E-state index >= 15 is 0 Å². The van der Waals surface area contributed by atoms with E-state index in [-0.39, 0.29) is 17.8 Å². The summed E-state index contributed by atoms with van der Waals surface area (Å²) in [6.45, 7) is 3.02. The molecule has 0 saturated carbocycles. The van der Waals surface area contributed by atoms with Gasteiger partial charge in [0.05, 0.1) is 13.2 Å². The quantitative estimate of drug-likeness (QED) is 0.529. The molecule has 0 amide bonds. The fourth-order valence-corrected chi connectivity index (χ4v) is 2.85. The fraction of sp³-hybridized carbons (Fsp3) is 1.00. The SMILES string of the molecule is CC1(OI)CO[C@H](COI)C1OI. The number of hydrogen-bond acceptors (Lipinski definition) is 4. The smallest absolute Gasteiger partial charge is 0.131 e. The first kappa shape index (κ1) is 13.1. The summed E-state index contributed by atoms with van der Waals surface area (Å²) < 4.78 is 21.2. The Morgan fingerprint density at radius 2 is 2.15 bits per heavy atom. The molecule has 0 bridgehead atoms. The zero-order valence-corrected chi connectivity index (χ0v) is 13.3. The summed E-state index contributed by atoms with van der Waals surface area (Å²) in [4.78, 5) is 0. The maximum absolute atomic E-state index is 5.51. The second kappa shape index (κ2) is 5.94. The molecule has 0 aliphatic carbocycles. The molecule has 7 heteroatoms. The van der Waals surface area contributed by atoms with Gasteiger partial charge in [-0.3, -0.25) is 0 Å². The second-order valence-corrected chi connectivity index (χ2v) is 4.60. The largest absolute Gasteiger partial charge is 0.370 e. The molecular weight excluding hydrogens is 517 g/mol. The normalized spacial score (nSPS) is 39.7. The molecule has 0 aromatic heterocycles. The summed E-state index contributed by atoms with van der Waals surface area (Å²) >= 11 is 5.60. The van der Waals surface area contributed by atoms with E-state index in [2.05, 4.69) is 0 Å². The third-order valence-electron chi connectivity index (χ3n) is 2.02. The Morgan fingerprint density at radius 3 is 2.62 bits per heavy atom. The summed E-state index contributed by atoms with van der Waals surface area (Å²) in [6.07, 6.45) is -0.131. The van der Waals surface area contributed by atoms with Crippen molar-refractivity contribution in [3.05, 3.63) is 0 Å². The zero-order valence-electron chi connectivity index (χ0n) is 6.84. The van der Waals surface area contributed by atoms with Gasteiger partial charge in [0.25, 0.3) is 0 Å². The van der Waals surface area contributed by atoms with Crippen molar-refractivity contribution in [1.82, 2.24) is 0 Å². The van der Waals surface area contributed by atoms with Crippen LogP contribution in [0.2, 0.25) is 0 Å². The summed E-state index contributed by atoms with van der Waals surface area (Å²) in [5.74, 6) is 0. The van der Waals surface area contributed by atoms with Gasteiger partial charge in [0.2, 0.25) is 0 Å². The monoisotopic (exact) mass is 526 g/mol. The molecule has 13 heavy (non-hydrogen) atoms. The van der Waals surface area contributed by atoms with E-state index in [1.807, 2.05) is 75.9 Å². The van der Waals surface area contributed by atoms with Crippen LogP contribution in [0.25, 0.3) is 0 Å². The fourth-order valence-electron chi connectivity index (χ4n) is 1.25. The highest BCUT2D eigenvalue weighted by Gasteiger charge is 2.48. The van der Waals surface area contributed by atoms with Crippen molar-refractivity contribution in [2.45, 2.75) is 24.7 Å². The number of rotatable bonds is 4. The molecule has 0 radical (unpaired) electrons. The maximum Gasteiger partial charge on any atom is 0.131 e. The number of halogens is 3. The second-order valence-electron chi connectivity index (χ2n) is 3.02. The third kappa shape index (κ3) is 3.00. The Bertz CT molecular complexity index is 170. The first-order valence-corrected chi connectivity index (χ1v) is 6.24. The minimum atomic E-state index is -0.373. The van der Waals surface area contributed by atoms with E-state index < -0.39 is 0 Å². The van der Waals surface area contributed by atoms with Crippen molar-refractivity contribution >= 4 is 69.0 Å². The van der Waals surface area contributed by atoms with E-state index in [0.29, 0.717) is 13.2 Å². The molecule has 0 aromatic rings. The van der Waals surface area contributed by atoms with Crippen molar-refractivity contribution in [3.8, 4) is 0 Å². The highest BCUT2D eigenvalue weighted by Crippen LogP contribution is 2.34. The number of ether oxygens (including phenoxy) is 1. The third-order valence-corrected chi connectivity index (χ3v) is 3.94. The highest BCUT2D eigenvalue weighted by molar-refractivity contribution is 14.1. The molecule has 1 saturated heterocycles. The lowest BCUT2D eigenvalue weighted by Crippen LogP contribution is -2.42. The molecule has 1 heterocycles. The Hall–Kier alpha value is 2.03. The highest BCUT2D eigenvalue weighted by atomic mass is 127. The Labute approximate surface area is 119 Å². The van der Waals surface area contributed by atoms with Crippen LogP contribution < -0.4 is 0 Å². The van der Waals surface area contributed by atoms with Crippen LogP contribution >= 0.6 is 69.0 Å². The number of hydrogen-bond donors (Lipinski definition) is 0. The van der Waals surface area contributed by atoms with Gasteiger partial charge in [0.15, 0.2) is 0 Å². The standard InChI is InChI=1S/C6H9I3O4/c1-6(13-9)3-10-4(2-11-7)5(6)12-8/h4-5H,2-3H2,1H3/t4-,5?,6?/m1/s1. The van der Waals surface area contributed by atoms with Crippen LogP contribution in [0.4, 0.5) is 0 Å². The molecule has 1 aliphatic heterocycles. The van der Waals surface area contributed by atoms with Crippen LogP contribution in [0.5, 0.6) is 0 Å². The lowest BCUT2D eigenvalue weighted by Gasteiger charge is -2.26. The molecule has 78 valence electrons. The predicted octanol–water partition coefficient (Wildman–Crippen LogP) is 2.61. The van der Waals surface area contributed by atoms with Crippen LogP contribution in [0.3, 0.4) is 0 Å². The molecule has 1 rings (SSSR count). The summed E-state index contributed by atoms with van der Waals surface area (Å²) in [5, 5.41) is 0. The first-order valence-electron chi connectivity index (χ1n) is 3.60. The minimum Gasteiger partial charge on any atom is -0.370 e. The summed E-state index contributed by atoms with van der Waals surface area (Å²) in [6, 6.07) is 0. The van der Waals surface area contributed by atoms with E-state index in [1.54, 1.807) is 0 Å². The molecule has 4 nitrogen and oxygen atoms in total. The van der Waals surface area contributed by atoms with Crippen LogP contribution in [0, 0.1) is 0 Å². The Balaban J connectivity index is 2.62. The Morgan fingerprint density at radius 1 is 1.46 bits per heavy atom. The molecular formula is C6H9I3O4. The van der Waals surface area contributed by atoms with E-state index in [9.17, 15) is 0 Å². The van der Waals surface area contributed by atoms with Gasteiger partial charge < -0.3 is 13.9 Å². The van der Waals surface area contributed by atoms with Crippen molar-refractivity contribution in [3.63, 3.8) is 0 Å². The van der Waals surface area contributed by atoms with E-state index in [4.69, 9.17) is 13.9 Å². The van der Waals surface area contributed by atoms with Gasteiger partial charge in [-0.05, 0) is 6.92 Å². The van der Waals surface area contributed by atoms with Gasteiger partial charge in [-0.25, -0.2) is 0 Å². The molecule has 1 aliphatic rings. The molecule has 3 atom stereocenters. The van der Waals surface area contributed by atoms with Crippen LogP contribution in [0.1, 0.15) is 6.92 Å². The minimum absolute atomic E-state index is 0.0476. The lowest BCUT2D eigenvalue weighted by atomic mass is 10.00. The van der Waals surface area contributed by atoms with Crippen molar-refractivity contribution in [2.24, 2.45) is 0 Å². The molecule has 0 N–H and O–H groups in total. The maximum atomic E-state index is 5.51. The van der Waals surface area contributed by atoms with Crippen LogP contribution in [0.15, 0.2) is 0 Å². The summed E-state index contributed by atoms with van der Waals surface area (Å²) in [7, 11) is 0. The van der Waals surface area contributed by atoms with Gasteiger partial charge in [0, 0.05) is 0 Å². The molecule has 2 unspecified atom stereocenters. The predicted molar refractivity (Wildman–Crippen MR) is 72.1 cm³/mol. The van der Waals surface area contributed by atoms with Gasteiger partial charge in [-0.15, -0.1) is 0 Å². The van der Waals surface area contributed by atoms with Gasteiger partial charge in [-0.2, -0.15) is 0 Å². The topological polar surface area (TPSA) is 36.9 Å². The average Bonchev–Trinajstić information content (AvgIpc) is 2.45. The van der Waals surface area contributed by atoms with Crippen molar-refractivity contribution in [2.75, 3.05) is 13.2 Å². The van der Waals surface area contributed by atoms with Gasteiger partial charge >= 0.3 is 0 Å². The Kier molecular flexibility index (Phi) is 5.98. The van der Waals surface area contributed by atoms with Crippen molar-refractivity contribution in [1.29, 1.82) is 0 Å². The van der Waals surface area contributed by atoms with Crippen LogP contribution in [-0.2, 0) is 13.9 Å². The van der Waals surface area contributed by atoms with Crippen LogP contribution in [-0.4, -0.2) is 31.0 Å². The molecule has 0 aromatic carbocycles. The molecule has 1 fully saturated rings. The van der Waals surface area contributed by atoms with Gasteiger partial charge in [-0.1, -0.05) is 0 Å². The average molecular weight is 526 g/mol. The van der Waals surface area contributed by atoms with E-state index in [1.165, 1.54) is 0 Å².